The lowest BCUT2D eigenvalue weighted by atomic mass is 9.95. The Hall–Kier alpha value is -0.570. The summed E-state index contributed by atoms with van der Waals surface area (Å²) < 4.78 is 0. The zero-order valence-electron chi connectivity index (χ0n) is 12.1. The van der Waals surface area contributed by atoms with Crippen molar-refractivity contribution in [3.05, 3.63) is 34.9 Å². The second-order valence-electron chi connectivity index (χ2n) is 5.82. The van der Waals surface area contributed by atoms with Crippen LogP contribution < -0.4 is 5.73 Å². The molecule has 0 heterocycles. The summed E-state index contributed by atoms with van der Waals surface area (Å²) >= 11 is 6.14. The molecular weight excluding hydrogens is 256 g/mol. The number of halogens is 1. The van der Waals surface area contributed by atoms with Gasteiger partial charge in [0.15, 0.2) is 0 Å². The van der Waals surface area contributed by atoms with Crippen LogP contribution in [0.25, 0.3) is 0 Å². The first-order valence-electron chi connectivity index (χ1n) is 7.27. The van der Waals surface area contributed by atoms with Crippen molar-refractivity contribution >= 4 is 11.6 Å². The van der Waals surface area contributed by atoms with Gasteiger partial charge in [-0.25, -0.2) is 0 Å². The number of benzene rings is 1. The van der Waals surface area contributed by atoms with Crippen LogP contribution in [0.3, 0.4) is 0 Å². The number of hydrogen-bond donors (Lipinski definition) is 1. The number of nitrogens with zero attached hydrogens (tertiary/aromatic N) is 1. The second kappa shape index (κ2) is 6.25. The molecule has 0 radical (unpaired) electrons. The minimum atomic E-state index is 0.143. The fraction of sp³-hybridized carbons (Fsp3) is 0.625. The molecule has 2 nitrogen and oxygen atoms in total. The lowest BCUT2D eigenvalue weighted by Gasteiger charge is -2.37. The topological polar surface area (TPSA) is 29.3 Å². The van der Waals surface area contributed by atoms with Crippen molar-refractivity contribution in [2.45, 2.75) is 51.2 Å². The van der Waals surface area contributed by atoms with Gasteiger partial charge in [0, 0.05) is 23.1 Å². The maximum absolute atomic E-state index is 6.37. The lowest BCUT2D eigenvalue weighted by Crippen LogP contribution is -2.43. The average Bonchev–Trinajstić information content (AvgIpc) is 3.22. The predicted octanol–water partition coefficient (Wildman–Crippen LogP) is 3.85. The highest BCUT2D eigenvalue weighted by atomic mass is 35.5. The molecule has 1 aliphatic carbocycles. The number of likely N-dealkylation sites (N-methyl/N-ethyl adjacent to an activating group) is 1. The van der Waals surface area contributed by atoms with E-state index in [4.69, 9.17) is 17.3 Å². The van der Waals surface area contributed by atoms with Crippen LogP contribution in [0.1, 0.15) is 44.7 Å². The van der Waals surface area contributed by atoms with Crippen LogP contribution in [0, 0.1) is 5.92 Å². The molecule has 1 aliphatic rings. The molecule has 3 unspecified atom stereocenters. The zero-order valence-corrected chi connectivity index (χ0v) is 12.9. The summed E-state index contributed by atoms with van der Waals surface area (Å²) in [5, 5.41) is 0.790. The minimum Gasteiger partial charge on any atom is -0.326 e. The molecule has 3 heteroatoms. The van der Waals surface area contributed by atoms with Crippen LogP contribution in [0.4, 0.5) is 0 Å². The first kappa shape index (κ1) is 14.8. The Kier molecular flexibility index (Phi) is 4.88. The van der Waals surface area contributed by atoms with E-state index in [2.05, 4.69) is 37.9 Å². The molecular formula is C16H25ClN2. The number of nitrogens with two attached hydrogens (primary N) is 1. The van der Waals surface area contributed by atoms with Crippen LogP contribution in [0.5, 0.6) is 0 Å². The first-order valence-corrected chi connectivity index (χ1v) is 7.65. The SMILES string of the molecule is CCC(N)C(c1cccc(Cl)c1)N(C)C(C)C1CC1. The summed E-state index contributed by atoms with van der Waals surface area (Å²) in [5.41, 5.74) is 7.61. The third kappa shape index (κ3) is 3.50. The van der Waals surface area contributed by atoms with Crippen molar-refractivity contribution in [3.8, 4) is 0 Å². The maximum Gasteiger partial charge on any atom is 0.0499 e. The van der Waals surface area contributed by atoms with E-state index in [9.17, 15) is 0 Å². The molecule has 2 rings (SSSR count). The van der Waals surface area contributed by atoms with E-state index in [-0.39, 0.29) is 12.1 Å². The van der Waals surface area contributed by atoms with Gasteiger partial charge in [0.25, 0.3) is 0 Å². The van der Waals surface area contributed by atoms with Crippen molar-refractivity contribution in [2.24, 2.45) is 11.7 Å². The molecule has 106 valence electrons. The zero-order chi connectivity index (χ0) is 14.0. The Morgan fingerprint density at radius 1 is 1.42 bits per heavy atom. The van der Waals surface area contributed by atoms with Gasteiger partial charge in [-0.3, -0.25) is 4.90 Å². The summed E-state index contributed by atoms with van der Waals surface area (Å²) in [5.74, 6) is 0.843. The van der Waals surface area contributed by atoms with E-state index in [1.807, 2.05) is 12.1 Å². The summed E-state index contributed by atoms with van der Waals surface area (Å²) in [4.78, 5) is 2.44. The van der Waals surface area contributed by atoms with Gasteiger partial charge in [0.05, 0.1) is 0 Å². The highest BCUT2D eigenvalue weighted by molar-refractivity contribution is 6.30. The van der Waals surface area contributed by atoms with Crippen LogP contribution in [0.2, 0.25) is 5.02 Å². The molecule has 0 aromatic heterocycles. The second-order valence-corrected chi connectivity index (χ2v) is 6.25. The Morgan fingerprint density at radius 2 is 2.11 bits per heavy atom. The van der Waals surface area contributed by atoms with Crippen LogP contribution in [-0.4, -0.2) is 24.0 Å². The summed E-state index contributed by atoms with van der Waals surface area (Å²) in [7, 11) is 2.20. The normalized spacial score (nSPS) is 20.3. The molecule has 1 fully saturated rings. The summed E-state index contributed by atoms with van der Waals surface area (Å²) in [6.45, 7) is 4.47. The van der Waals surface area contributed by atoms with E-state index in [0.29, 0.717) is 6.04 Å². The van der Waals surface area contributed by atoms with E-state index in [1.54, 1.807) is 0 Å². The van der Waals surface area contributed by atoms with E-state index in [1.165, 1.54) is 18.4 Å². The van der Waals surface area contributed by atoms with Crippen molar-refractivity contribution in [1.29, 1.82) is 0 Å². The van der Waals surface area contributed by atoms with Crippen molar-refractivity contribution in [1.82, 2.24) is 4.90 Å². The Balaban J connectivity index is 2.24. The van der Waals surface area contributed by atoms with Crippen molar-refractivity contribution in [2.75, 3.05) is 7.05 Å². The van der Waals surface area contributed by atoms with E-state index < -0.39 is 0 Å². The highest BCUT2D eigenvalue weighted by Crippen LogP contribution is 2.38. The summed E-state index contributed by atoms with van der Waals surface area (Å²) in [6.07, 6.45) is 3.68. The van der Waals surface area contributed by atoms with Crippen LogP contribution in [0.15, 0.2) is 24.3 Å². The monoisotopic (exact) mass is 280 g/mol. The van der Waals surface area contributed by atoms with Crippen LogP contribution in [-0.2, 0) is 0 Å². The molecule has 1 aromatic carbocycles. The molecule has 0 spiro atoms. The molecule has 0 bridgehead atoms. The van der Waals surface area contributed by atoms with Gasteiger partial charge in [-0.15, -0.1) is 0 Å². The van der Waals surface area contributed by atoms with Crippen molar-refractivity contribution < 1.29 is 0 Å². The smallest absolute Gasteiger partial charge is 0.0499 e. The Morgan fingerprint density at radius 3 is 2.63 bits per heavy atom. The van der Waals surface area contributed by atoms with Crippen LogP contribution >= 0.6 is 11.6 Å². The van der Waals surface area contributed by atoms with E-state index in [0.717, 1.165) is 17.4 Å². The average molecular weight is 281 g/mol. The fourth-order valence-corrected chi connectivity index (χ4v) is 3.06. The van der Waals surface area contributed by atoms with Gasteiger partial charge in [-0.05, 0) is 56.8 Å². The van der Waals surface area contributed by atoms with Gasteiger partial charge in [-0.1, -0.05) is 30.7 Å². The maximum atomic E-state index is 6.37. The molecule has 3 atom stereocenters. The molecule has 1 aromatic rings. The van der Waals surface area contributed by atoms with Gasteiger partial charge >= 0.3 is 0 Å². The Labute approximate surface area is 121 Å². The van der Waals surface area contributed by atoms with E-state index >= 15 is 0 Å². The standard InChI is InChI=1S/C16H25ClN2/c1-4-15(18)16(13-6-5-7-14(17)10-13)19(3)11(2)12-8-9-12/h5-7,10-12,15-16H,4,8-9,18H2,1-3H3. The van der Waals surface area contributed by atoms with Gasteiger partial charge in [0.2, 0.25) is 0 Å². The molecule has 0 saturated heterocycles. The predicted molar refractivity (Wildman–Crippen MR) is 82.4 cm³/mol. The molecule has 0 amide bonds. The number of rotatable bonds is 6. The summed E-state index contributed by atoms with van der Waals surface area (Å²) in [6, 6.07) is 9.11. The van der Waals surface area contributed by atoms with Gasteiger partial charge < -0.3 is 5.73 Å². The largest absolute Gasteiger partial charge is 0.326 e. The molecule has 1 saturated carbocycles. The highest BCUT2D eigenvalue weighted by Gasteiger charge is 2.35. The molecule has 0 aliphatic heterocycles. The lowest BCUT2D eigenvalue weighted by molar-refractivity contribution is 0.143. The Bertz CT molecular complexity index is 417. The minimum absolute atomic E-state index is 0.143. The first-order chi connectivity index (χ1) is 9.04. The quantitative estimate of drug-likeness (QED) is 0.858. The molecule has 19 heavy (non-hydrogen) atoms. The number of hydrogen-bond acceptors (Lipinski definition) is 2. The third-order valence-corrected chi connectivity index (χ3v) is 4.69. The fourth-order valence-electron chi connectivity index (χ4n) is 2.86. The van der Waals surface area contributed by atoms with Gasteiger partial charge in [-0.2, -0.15) is 0 Å². The molecule has 2 N–H and O–H groups in total. The third-order valence-electron chi connectivity index (χ3n) is 4.45. The van der Waals surface area contributed by atoms with Crippen molar-refractivity contribution in [3.63, 3.8) is 0 Å². The van der Waals surface area contributed by atoms with Gasteiger partial charge in [0.1, 0.15) is 0 Å².